The van der Waals surface area contributed by atoms with Gasteiger partial charge in [0, 0.05) is 5.69 Å². The van der Waals surface area contributed by atoms with Crippen molar-refractivity contribution in [1.82, 2.24) is 0 Å². The zero-order valence-corrected chi connectivity index (χ0v) is 13.3. The lowest BCUT2D eigenvalue weighted by Crippen LogP contribution is -2.27. The zero-order chi connectivity index (χ0) is 17.0. The third kappa shape index (κ3) is 4.85. The van der Waals surface area contributed by atoms with Crippen LogP contribution in [0, 0.1) is 0 Å². The molecule has 2 N–H and O–H groups in total. The molecule has 120 valence electrons. The van der Waals surface area contributed by atoms with Crippen LogP contribution in [0.25, 0.3) is 11.1 Å². The first kappa shape index (κ1) is 16.5. The molecule has 0 heterocycles. The summed E-state index contributed by atoms with van der Waals surface area (Å²) < 4.78 is 5.21. The Morgan fingerprint density at radius 2 is 1.61 bits per heavy atom. The summed E-state index contributed by atoms with van der Waals surface area (Å²) in [6.45, 7) is 5.38. The second-order valence-corrected chi connectivity index (χ2v) is 6.09. The Morgan fingerprint density at radius 1 is 1.00 bits per heavy atom. The molecule has 0 aliphatic heterocycles. The molecular weight excluding hydrogens is 294 g/mol. The number of rotatable bonds is 3. The number of carbonyl (C=O) groups is 2. The van der Waals surface area contributed by atoms with E-state index in [9.17, 15) is 9.59 Å². The van der Waals surface area contributed by atoms with Gasteiger partial charge in [0.15, 0.2) is 0 Å². The van der Waals surface area contributed by atoms with E-state index in [1.54, 1.807) is 51.1 Å². The van der Waals surface area contributed by atoms with Gasteiger partial charge in [0.25, 0.3) is 0 Å². The van der Waals surface area contributed by atoms with Crippen molar-refractivity contribution in [1.29, 1.82) is 0 Å². The van der Waals surface area contributed by atoms with E-state index in [1.165, 1.54) is 6.07 Å². The Hall–Kier alpha value is -2.82. The van der Waals surface area contributed by atoms with Gasteiger partial charge in [0.1, 0.15) is 5.60 Å². The van der Waals surface area contributed by atoms with Crippen molar-refractivity contribution < 1.29 is 19.4 Å². The highest BCUT2D eigenvalue weighted by Gasteiger charge is 2.16. The number of hydrogen-bond donors (Lipinski definition) is 2. The third-order valence-corrected chi connectivity index (χ3v) is 2.95. The van der Waals surface area contributed by atoms with Crippen LogP contribution in [-0.4, -0.2) is 22.8 Å². The van der Waals surface area contributed by atoms with E-state index in [4.69, 9.17) is 9.84 Å². The predicted molar refractivity (Wildman–Crippen MR) is 88.7 cm³/mol. The SMILES string of the molecule is CC(C)(C)OC(=O)Nc1cccc(-c2cccc(C(=O)O)c2)c1. The molecular formula is C18H19NO4. The normalized spacial score (nSPS) is 10.9. The summed E-state index contributed by atoms with van der Waals surface area (Å²) in [4.78, 5) is 22.9. The van der Waals surface area contributed by atoms with Gasteiger partial charge in [-0.25, -0.2) is 9.59 Å². The molecule has 0 unspecified atom stereocenters. The first-order valence-corrected chi connectivity index (χ1v) is 7.18. The van der Waals surface area contributed by atoms with Crippen LogP contribution >= 0.6 is 0 Å². The minimum atomic E-state index is -0.977. The molecule has 0 radical (unpaired) electrons. The van der Waals surface area contributed by atoms with Crippen molar-refractivity contribution in [3.63, 3.8) is 0 Å². The van der Waals surface area contributed by atoms with E-state index in [0.717, 1.165) is 11.1 Å². The number of hydrogen-bond acceptors (Lipinski definition) is 3. The van der Waals surface area contributed by atoms with Gasteiger partial charge in [-0.15, -0.1) is 0 Å². The van der Waals surface area contributed by atoms with Crippen LogP contribution in [0.3, 0.4) is 0 Å². The summed E-state index contributed by atoms with van der Waals surface area (Å²) in [5.74, 6) is -0.977. The number of aromatic carboxylic acids is 1. The number of carboxylic acids is 1. The molecule has 0 saturated heterocycles. The maximum absolute atomic E-state index is 11.8. The lowest BCUT2D eigenvalue weighted by molar-refractivity contribution is 0.0634. The third-order valence-electron chi connectivity index (χ3n) is 2.95. The van der Waals surface area contributed by atoms with Crippen molar-refractivity contribution >= 4 is 17.7 Å². The van der Waals surface area contributed by atoms with Gasteiger partial charge in [-0.2, -0.15) is 0 Å². The Labute approximate surface area is 134 Å². The molecule has 0 fully saturated rings. The van der Waals surface area contributed by atoms with Gasteiger partial charge in [0.2, 0.25) is 0 Å². The Kier molecular flexibility index (Phi) is 4.69. The van der Waals surface area contributed by atoms with E-state index >= 15 is 0 Å². The van der Waals surface area contributed by atoms with Crippen LogP contribution in [0.1, 0.15) is 31.1 Å². The number of anilines is 1. The number of ether oxygens (including phenoxy) is 1. The Bertz CT molecular complexity index is 732. The fourth-order valence-corrected chi connectivity index (χ4v) is 2.03. The van der Waals surface area contributed by atoms with Crippen molar-refractivity contribution in [2.24, 2.45) is 0 Å². The molecule has 1 amide bonds. The predicted octanol–water partition coefficient (Wildman–Crippen LogP) is 4.40. The topological polar surface area (TPSA) is 75.6 Å². The molecule has 0 atom stereocenters. The second-order valence-electron chi connectivity index (χ2n) is 6.09. The number of amides is 1. The summed E-state index contributed by atoms with van der Waals surface area (Å²) in [5, 5.41) is 11.7. The van der Waals surface area contributed by atoms with Crippen LogP contribution in [0.15, 0.2) is 48.5 Å². The van der Waals surface area contributed by atoms with Crippen LogP contribution in [-0.2, 0) is 4.74 Å². The number of carbonyl (C=O) groups excluding carboxylic acids is 1. The van der Waals surface area contributed by atoms with E-state index in [0.29, 0.717) is 5.69 Å². The molecule has 0 aliphatic carbocycles. The van der Waals surface area contributed by atoms with Gasteiger partial charge in [0.05, 0.1) is 5.56 Å². The van der Waals surface area contributed by atoms with Crippen molar-refractivity contribution in [2.75, 3.05) is 5.32 Å². The summed E-state index contributed by atoms with van der Waals surface area (Å²) in [6.07, 6.45) is -0.533. The lowest BCUT2D eigenvalue weighted by atomic mass is 10.0. The van der Waals surface area contributed by atoms with Gasteiger partial charge in [-0.05, 0) is 56.2 Å². The quantitative estimate of drug-likeness (QED) is 0.880. The van der Waals surface area contributed by atoms with Crippen molar-refractivity contribution in [3.8, 4) is 11.1 Å². The van der Waals surface area contributed by atoms with Gasteiger partial charge in [-0.1, -0.05) is 24.3 Å². The molecule has 2 rings (SSSR count). The molecule has 0 saturated carbocycles. The van der Waals surface area contributed by atoms with E-state index in [1.807, 2.05) is 12.1 Å². The minimum absolute atomic E-state index is 0.216. The highest BCUT2D eigenvalue weighted by Crippen LogP contribution is 2.24. The Morgan fingerprint density at radius 3 is 2.22 bits per heavy atom. The van der Waals surface area contributed by atoms with Gasteiger partial charge in [-0.3, -0.25) is 5.32 Å². The molecule has 2 aromatic rings. The maximum atomic E-state index is 11.8. The molecule has 0 spiro atoms. The van der Waals surface area contributed by atoms with Crippen molar-refractivity contribution in [3.05, 3.63) is 54.1 Å². The van der Waals surface area contributed by atoms with Gasteiger partial charge >= 0.3 is 12.1 Å². The van der Waals surface area contributed by atoms with Crippen molar-refractivity contribution in [2.45, 2.75) is 26.4 Å². The van der Waals surface area contributed by atoms with E-state index in [2.05, 4.69) is 5.32 Å². The highest BCUT2D eigenvalue weighted by molar-refractivity contribution is 5.90. The summed E-state index contributed by atoms with van der Waals surface area (Å²) in [5.41, 5.74) is 1.79. The molecule has 0 bridgehead atoms. The minimum Gasteiger partial charge on any atom is -0.478 e. The zero-order valence-electron chi connectivity index (χ0n) is 13.3. The fourth-order valence-electron chi connectivity index (χ4n) is 2.03. The molecule has 5 heteroatoms. The van der Waals surface area contributed by atoms with Crippen LogP contribution in [0.4, 0.5) is 10.5 Å². The largest absolute Gasteiger partial charge is 0.478 e. The second kappa shape index (κ2) is 6.52. The standard InChI is InChI=1S/C18H19NO4/c1-18(2,3)23-17(22)19-15-9-5-7-13(11-15)12-6-4-8-14(10-12)16(20)21/h4-11H,1-3H3,(H,19,22)(H,20,21). The monoisotopic (exact) mass is 313 g/mol. The van der Waals surface area contributed by atoms with E-state index < -0.39 is 17.7 Å². The highest BCUT2D eigenvalue weighted by atomic mass is 16.6. The average molecular weight is 313 g/mol. The van der Waals surface area contributed by atoms with Gasteiger partial charge < -0.3 is 9.84 Å². The van der Waals surface area contributed by atoms with Crippen LogP contribution < -0.4 is 5.32 Å². The fraction of sp³-hybridized carbons (Fsp3) is 0.222. The summed E-state index contributed by atoms with van der Waals surface area (Å²) in [6, 6.07) is 13.8. The molecule has 23 heavy (non-hydrogen) atoms. The van der Waals surface area contributed by atoms with Crippen LogP contribution in [0.2, 0.25) is 0 Å². The molecule has 5 nitrogen and oxygen atoms in total. The maximum Gasteiger partial charge on any atom is 0.412 e. The number of benzene rings is 2. The molecule has 0 aromatic heterocycles. The number of carboxylic acid groups (broad SMARTS) is 1. The first-order valence-electron chi connectivity index (χ1n) is 7.18. The smallest absolute Gasteiger partial charge is 0.412 e. The first-order chi connectivity index (χ1) is 10.7. The summed E-state index contributed by atoms with van der Waals surface area (Å²) in [7, 11) is 0. The van der Waals surface area contributed by atoms with E-state index in [-0.39, 0.29) is 5.56 Å². The average Bonchev–Trinajstić information content (AvgIpc) is 2.45. The lowest BCUT2D eigenvalue weighted by Gasteiger charge is -2.19. The molecule has 0 aliphatic rings. The molecule has 2 aromatic carbocycles. The number of nitrogens with one attached hydrogen (secondary N) is 1. The van der Waals surface area contributed by atoms with Crippen LogP contribution in [0.5, 0.6) is 0 Å². The Balaban J connectivity index is 2.22. The summed E-state index contributed by atoms with van der Waals surface area (Å²) >= 11 is 0.